The number of hydrogen-bond donors (Lipinski definition) is 1. The number of nitrogens with one attached hydrogen (secondary N) is 1. The number of amides is 1. The van der Waals surface area contributed by atoms with E-state index in [1.165, 1.54) is 30.3 Å². The predicted molar refractivity (Wildman–Crippen MR) is 112 cm³/mol. The molecular weight excluding hydrogens is 423 g/mol. The van der Waals surface area contributed by atoms with Gasteiger partial charge in [-0.3, -0.25) is 9.10 Å². The van der Waals surface area contributed by atoms with Gasteiger partial charge < -0.3 is 10.1 Å². The third-order valence-corrected chi connectivity index (χ3v) is 5.97. The Morgan fingerprint density at radius 3 is 2.36 bits per heavy atom. The van der Waals surface area contributed by atoms with Gasteiger partial charge in [-0.25, -0.2) is 8.42 Å². The van der Waals surface area contributed by atoms with E-state index in [-0.39, 0.29) is 20.6 Å². The second-order valence-corrected chi connectivity index (χ2v) is 8.59. The van der Waals surface area contributed by atoms with E-state index in [1.807, 2.05) is 6.92 Å². The smallest absolute Gasteiger partial charge is 0.264 e. The molecule has 2 aromatic carbocycles. The molecule has 0 bridgehead atoms. The summed E-state index contributed by atoms with van der Waals surface area (Å²) in [5.41, 5.74) is 0.214. The van der Waals surface area contributed by atoms with Crippen molar-refractivity contribution in [1.82, 2.24) is 5.32 Å². The molecule has 9 heteroatoms. The Labute approximate surface area is 175 Å². The molecule has 0 aliphatic carbocycles. The molecule has 152 valence electrons. The lowest BCUT2D eigenvalue weighted by molar-refractivity contribution is -0.119. The summed E-state index contributed by atoms with van der Waals surface area (Å²) >= 11 is 12.1. The summed E-state index contributed by atoms with van der Waals surface area (Å²) < 4.78 is 32.5. The largest absolute Gasteiger partial charge is 0.382 e. The highest BCUT2D eigenvalue weighted by Crippen LogP contribution is 2.29. The van der Waals surface area contributed by atoms with Gasteiger partial charge in [0, 0.05) is 29.8 Å². The Kier molecular flexibility index (Phi) is 8.57. The highest BCUT2D eigenvalue weighted by atomic mass is 35.5. The van der Waals surface area contributed by atoms with Gasteiger partial charge >= 0.3 is 0 Å². The third-order valence-electron chi connectivity index (χ3n) is 3.75. The Morgan fingerprint density at radius 1 is 1.11 bits per heavy atom. The van der Waals surface area contributed by atoms with Gasteiger partial charge in [0.2, 0.25) is 5.91 Å². The molecule has 0 aliphatic rings. The lowest BCUT2D eigenvalue weighted by Gasteiger charge is -2.24. The summed E-state index contributed by atoms with van der Waals surface area (Å²) in [6.07, 6.45) is 0.633. The van der Waals surface area contributed by atoms with Crippen molar-refractivity contribution in [2.75, 3.05) is 30.6 Å². The number of anilines is 1. The van der Waals surface area contributed by atoms with Crippen LogP contribution < -0.4 is 9.62 Å². The van der Waals surface area contributed by atoms with Crippen LogP contribution in [0.25, 0.3) is 0 Å². The molecule has 0 radical (unpaired) electrons. The Bertz CT molecular complexity index is 872. The molecule has 0 saturated heterocycles. The first-order chi connectivity index (χ1) is 13.3. The van der Waals surface area contributed by atoms with E-state index >= 15 is 0 Å². The van der Waals surface area contributed by atoms with Gasteiger partial charge in [0.05, 0.1) is 10.6 Å². The Hall–Kier alpha value is -1.80. The molecule has 0 unspecified atom stereocenters. The van der Waals surface area contributed by atoms with E-state index in [0.29, 0.717) is 26.2 Å². The van der Waals surface area contributed by atoms with Crippen LogP contribution in [0.2, 0.25) is 10.0 Å². The van der Waals surface area contributed by atoms with Crippen molar-refractivity contribution in [3.63, 3.8) is 0 Å². The number of halogens is 2. The zero-order valence-electron chi connectivity index (χ0n) is 15.4. The van der Waals surface area contributed by atoms with Crippen LogP contribution in [0.1, 0.15) is 13.3 Å². The second-order valence-electron chi connectivity index (χ2n) is 5.85. The maximum atomic E-state index is 13.1. The lowest BCUT2D eigenvalue weighted by atomic mass is 10.3. The van der Waals surface area contributed by atoms with E-state index in [9.17, 15) is 13.2 Å². The summed E-state index contributed by atoms with van der Waals surface area (Å²) in [5, 5.41) is 3.25. The molecule has 0 atom stereocenters. The molecule has 6 nitrogen and oxygen atoms in total. The number of carbonyl (C=O) groups is 1. The highest BCUT2D eigenvalue weighted by Gasteiger charge is 2.27. The van der Waals surface area contributed by atoms with Crippen LogP contribution in [0.4, 0.5) is 5.69 Å². The number of benzene rings is 2. The van der Waals surface area contributed by atoms with Crippen molar-refractivity contribution < 1.29 is 17.9 Å². The number of hydrogen-bond acceptors (Lipinski definition) is 4. The van der Waals surface area contributed by atoms with Crippen molar-refractivity contribution >= 4 is 44.8 Å². The fraction of sp³-hybridized carbons (Fsp3) is 0.316. The van der Waals surface area contributed by atoms with Crippen LogP contribution in [0.3, 0.4) is 0 Å². The molecule has 0 heterocycles. The number of rotatable bonds is 10. The average Bonchev–Trinajstić information content (AvgIpc) is 2.65. The van der Waals surface area contributed by atoms with Crippen molar-refractivity contribution in [3.05, 3.63) is 58.6 Å². The molecule has 0 saturated carbocycles. The molecule has 2 aromatic rings. The van der Waals surface area contributed by atoms with Gasteiger partial charge in [0.25, 0.3) is 10.0 Å². The molecule has 1 amide bonds. The zero-order chi connectivity index (χ0) is 20.6. The summed E-state index contributed by atoms with van der Waals surface area (Å²) in [7, 11) is -3.99. The van der Waals surface area contributed by atoms with Crippen molar-refractivity contribution in [2.24, 2.45) is 0 Å². The molecule has 0 spiro atoms. The number of sulfonamides is 1. The molecule has 2 rings (SSSR count). The van der Waals surface area contributed by atoms with Gasteiger partial charge in [0.15, 0.2) is 0 Å². The predicted octanol–water partition coefficient (Wildman–Crippen LogP) is 3.73. The number of ether oxygens (including phenoxy) is 1. The van der Waals surface area contributed by atoms with E-state index in [2.05, 4.69) is 5.32 Å². The summed E-state index contributed by atoms with van der Waals surface area (Å²) in [6.45, 7) is 3.00. The standard InChI is InChI=1S/C19H22Cl2N2O4S/c1-2-27-10-6-9-22-19(24)14-23(17-12-15(20)11-16(21)13-17)28(25,26)18-7-4-3-5-8-18/h3-5,7-8,11-13H,2,6,9-10,14H2,1H3,(H,22,24). The van der Waals surface area contributed by atoms with Crippen LogP contribution in [0, 0.1) is 0 Å². The molecule has 0 fully saturated rings. The van der Waals surface area contributed by atoms with Crippen molar-refractivity contribution in [3.8, 4) is 0 Å². The fourth-order valence-corrected chi connectivity index (χ4v) is 4.39. The molecule has 1 N–H and O–H groups in total. The van der Waals surface area contributed by atoms with Gasteiger partial charge in [-0.15, -0.1) is 0 Å². The van der Waals surface area contributed by atoms with Crippen LogP contribution >= 0.6 is 23.2 Å². The SMILES string of the molecule is CCOCCCNC(=O)CN(c1cc(Cl)cc(Cl)c1)S(=O)(=O)c1ccccc1. The maximum Gasteiger partial charge on any atom is 0.264 e. The van der Waals surface area contributed by atoms with Crippen molar-refractivity contribution in [1.29, 1.82) is 0 Å². The normalized spacial score (nSPS) is 11.2. The first kappa shape index (κ1) is 22.5. The molecular formula is C19H22Cl2N2O4S. The van der Waals surface area contributed by atoms with E-state index in [4.69, 9.17) is 27.9 Å². The van der Waals surface area contributed by atoms with Gasteiger partial charge in [-0.1, -0.05) is 41.4 Å². The van der Waals surface area contributed by atoms with Gasteiger partial charge in [0.1, 0.15) is 6.54 Å². The minimum Gasteiger partial charge on any atom is -0.382 e. The molecule has 28 heavy (non-hydrogen) atoms. The highest BCUT2D eigenvalue weighted by molar-refractivity contribution is 7.92. The first-order valence-corrected chi connectivity index (χ1v) is 10.9. The average molecular weight is 445 g/mol. The van der Waals surface area contributed by atoms with Gasteiger partial charge in [-0.2, -0.15) is 0 Å². The second kappa shape index (κ2) is 10.7. The Balaban J connectivity index is 2.26. The fourth-order valence-electron chi connectivity index (χ4n) is 2.45. The van der Waals surface area contributed by atoms with Crippen molar-refractivity contribution in [2.45, 2.75) is 18.2 Å². The minimum atomic E-state index is -3.99. The van der Waals surface area contributed by atoms with E-state index < -0.39 is 22.5 Å². The number of carbonyl (C=O) groups excluding carboxylic acids is 1. The zero-order valence-corrected chi connectivity index (χ0v) is 17.7. The van der Waals surface area contributed by atoms with Crippen LogP contribution in [-0.4, -0.2) is 40.6 Å². The summed E-state index contributed by atoms with van der Waals surface area (Å²) in [4.78, 5) is 12.4. The molecule has 0 aliphatic heterocycles. The minimum absolute atomic E-state index is 0.0650. The van der Waals surface area contributed by atoms with Crippen LogP contribution in [0.5, 0.6) is 0 Å². The topological polar surface area (TPSA) is 75.7 Å². The Morgan fingerprint density at radius 2 is 1.75 bits per heavy atom. The lowest BCUT2D eigenvalue weighted by Crippen LogP contribution is -2.41. The van der Waals surface area contributed by atoms with Crippen LogP contribution in [0.15, 0.2) is 53.4 Å². The monoisotopic (exact) mass is 444 g/mol. The quantitative estimate of drug-likeness (QED) is 0.566. The maximum absolute atomic E-state index is 13.1. The van der Waals surface area contributed by atoms with Gasteiger partial charge in [-0.05, 0) is 43.7 Å². The van der Waals surface area contributed by atoms with Crippen LogP contribution in [-0.2, 0) is 19.6 Å². The third kappa shape index (κ3) is 6.38. The summed E-state index contributed by atoms with van der Waals surface area (Å²) in [5.74, 6) is -0.438. The van der Waals surface area contributed by atoms with E-state index in [1.54, 1.807) is 18.2 Å². The first-order valence-electron chi connectivity index (χ1n) is 8.73. The van der Waals surface area contributed by atoms with E-state index in [0.717, 1.165) is 4.31 Å². The summed E-state index contributed by atoms with van der Waals surface area (Å²) in [6, 6.07) is 12.3. The number of nitrogens with zero attached hydrogens (tertiary/aromatic N) is 1. The molecule has 0 aromatic heterocycles.